The summed E-state index contributed by atoms with van der Waals surface area (Å²) >= 11 is 0. The van der Waals surface area contributed by atoms with E-state index >= 15 is 0 Å². The highest BCUT2D eigenvalue weighted by Crippen LogP contribution is 2.25. The Bertz CT molecular complexity index is 698. The van der Waals surface area contributed by atoms with Crippen LogP contribution < -0.4 is 10.1 Å². The van der Waals surface area contributed by atoms with E-state index in [0.29, 0.717) is 24.4 Å². The first kappa shape index (κ1) is 15.4. The van der Waals surface area contributed by atoms with Crippen molar-refractivity contribution in [2.24, 2.45) is 0 Å². The molecule has 4 nitrogen and oxygen atoms in total. The molecule has 6 heteroatoms. The van der Waals surface area contributed by atoms with Crippen molar-refractivity contribution in [2.45, 2.75) is 0 Å². The Kier molecular flexibility index (Phi) is 4.52. The summed E-state index contributed by atoms with van der Waals surface area (Å²) in [6.07, 6.45) is 0. The molecule has 1 fully saturated rings. The van der Waals surface area contributed by atoms with Gasteiger partial charge >= 0.3 is 0 Å². The fourth-order valence-corrected chi connectivity index (χ4v) is 2.40. The van der Waals surface area contributed by atoms with Gasteiger partial charge in [-0.25, -0.2) is 8.78 Å². The second kappa shape index (κ2) is 6.75. The van der Waals surface area contributed by atoms with E-state index in [-0.39, 0.29) is 11.7 Å². The molecular formula is C17H16F2N2O2. The summed E-state index contributed by atoms with van der Waals surface area (Å²) in [5.41, 5.74) is 0.554. The summed E-state index contributed by atoms with van der Waals surface area (Å²) in [5.74, 6) is -1.15. The van der Waals surface area contributed by atoms with Crippen LogP contribution in [0.1, 0.15) is 10.4 Å². The number of rotatable bonds is 3. The van der Waals surface area contributed by atoms with Crippen LogP contribution in [0.25, 0.3) is 0 Å². The molecule has 0 unspecified atom stereocenters. The number of carbonyl (C=O) groups is 1. The molecule has 0 radical (unpaired) electrons. The van der Waals surface area contributed by atoms with Crippen molar-refractivity contribution in [2.75, 3.05) is 26.2 Å². The highest BCUT2D eigenvalue weighted by atomic mass is 19.1. The van der Waals surface area contributed by atoms with E-state index in [4.69, 9.17) is 4.74 Å². The Morgan fingerprint density at radius 1 is 1.04 bits per heavy atom. The van der Waals surface area contributed by atoms with Crippen LogP contribution in [0.4, 0.5) is 8.78 Å². The number of hydrogen-bond donors (Lipinski definition) is 1. The van der Waals surface area contributed by atoms with Gasteiger partial charge in [0, 0.05) is 37.8 Å². The number of benzene rings is 2. The summed E-state index contributed by atoms with van der Waals surface area (Å²) in [7, 11) is 0. The van der Waals surface area contributed by atoms with Crippen LogP contribution in [0.3, 0.4) is 0 Å². The van der Waals surface area contributed by atoms with E-state index in [1.807, 2.05) is 0 Å². The van der Waals surface area contributed by atoms with E-state index in [1.165, 1.54) is 6.07 Å². The summed E-state index contributed by atoms with van der Waals surface area (Å²) in [6.45, 7) is 2.93. The topological polar surface area (TPSA) is 41.6 Å². The molecule has 0 atom stereocenters. The number of halogens is 2. The van der Waals surface area contributed by atoms with E-state index < -0.39 is 11.6 Å². The minimum absolute atomic E-state index is 0.0361. The summed E-state index contributed by atoms with van der Waals surface area (Å²) in [5, 5.41) is 3.19. The van der Waals surface area contributed by atoms with Crippen LogP contribution in [0.5, 0.6) is 11.5 Å². The van der Waals surface area contributed by atoms with Crippen molar-refractivity contribution >= 4 is 5.91 Å². The number of ether oxygens (including phenoxy) is 1. The molecule has 1 aliphatic heterocycles. The van der Waals surface area contributed by atoms with Gasteiger partial charge in [-0.2, -0.15) is 0 Å². The average Bonchev–Trinajstić information content (AvgIpc) is 2.58. The molecule has 0 aliphatic carbocycles. The molecule has 2 aromatic carbocycles. The SMILES string of the molecule is O=C(c1ccc(Oc2ccc(F)cc2F)cc1)N1CCNCC1. The largest absolute Gasteiger partial charge is 0.454 e. The molecule has 1 amide bonds. The van der Waals surface area contributed by atoms with Gasteiger partial charge in [-0.1, -0.05) is 0 Å². The molecule has 0 saturated carbocycles. The molecule has 120 valence electrons. The third-order valence-electron chi connectivity index (χ3n) is 3.63. The zero-order valence-corrected chi connectivity index (χ0v) is 12.4. The fraction of sp³-hybridized carbons (Fsp3) is 0.235. The predicted octanol–water partition coefficient (Wildman–Crippen LogP) is 2.80. The lowest BCUT2D eigenvalue weighted by atomic mass is 10.2. The van der Waals surface area contributed by atoms with Gasteiger partial charge in [-0.3, -0.25) is 4.79 Å². The van der Waals surface area contributed by atoms with Crippen molar-refractivity contribution in [1.82, 2.24) is 10.2 Å². The van der Waals surface area contributed by atoms with Gasteiger partial charge in [0.05, 0.1) is 0 Å². The van der Waals surface area contributed by atoms with Crippen molar-refractivity contribution < 1.29 is 18.3 Å². The lowest BCUT2D eigenvalue weighted by molar-refractivity contribution is 0.0736. The van der Waals surface area contributed by atoms with Gasteiger partial charge < -0.3 is 15.0 Å². The zero-order valence-electron chi connectivity index (χ0n) is 12.4. The molecule has 23 heavy (non-hydrogen) atoms. The third-order valence-corrected chi connectivity index (χ3v) is 3.63. The van der Waals surface area contributed by atoms with Crippen LogP contribution in [0, 0.1) is 11.6 Å². The van der Waals surface area contributed by atoms with Crippen LogP contribution in [-0.2, 0) is 0 Å². The fourth-order valence-electron chi connectivity index (χ4n) is 2.40. The Morgan fingerprint density at radius 2 is 1.74 bits per heavy atom. The number of nitrogens with one attached hydrogen (secondary N) is 1. The number of nitrogens with zero attached hydrogens (tertiary/aromatic N) is 1. The van der Waals surface area contributed by atoms with E-state index in [1.54, 1.807) is 29.2 Å². The second-order valence-corrected chi connectivity index (χ2v) is 5.24. The molecule has 0 bridgehead atoms. The molecule has 3 rings (SSSR count). The Morgan fingerprint density at radius 3 is 2.39 bits per heavy atom. The number of amides is 1. The summed E-state index contributed by atoms with van der Waals surface area (Å²) in [4.78, 5) is 14.1. The molecule has 2 aromatic rings. The van der Waals surface area contributed by atoms with E-state index in [0.717, 1.165) is 25.2 Å². The maximum Gasteiger partial charge on any atom is 0.253 e. The molecule has 1 N–H and O–H groups in total. The first-order chi connectivity index (χ1) is 11.1. The van der Waals surface area contributed by atoms with Gasteiger partial charge in [0.25, 0.3) is 5.91 Å². The van der Waals surface area contributed by atoms with Gasteiger partial charge in [0.2, 0.25) is 0 Å². The average molecular weight is 318 g/mol. The molecule has 0 spiro atoms. The molecule has 1 aliphatic rings. The lowest BCUT2D eigenvalue weighted by Crippen LogP contribution is -2.46. The highest BCUT2D eigenvalue weighted by Gasteiger charge is 2.17. The Balaban J connectivity index is 1.70. The molecule has 1 saturated heterocycles. The molecular weight excluding hydrogens is 302 g/mol. The van der Waals surface area contributed by atoms with Gasteiger partial charge in [-0.15, -0.1) is 0 Å². The number of carbonyl (C=O) groups excluding carboxylic acids is 1. The second-order valence-electron chi connectivity index (χ2n) is 5.24. The standard InChI is InChI=1S/C17H16F2N2O2/c18-13-3-6-16(15(19)11-13)23-14-4-1-12(2-5-14)17(22)21-9-7-20-8-10-21/h1-6,11,20H,7-10H2. The van der Waals surface area contributed by atoms with Gasteiger partial charge in [0.15, 0.2) is 11.6 Å². The minimum Gasteiger partial charge on any atom is -0.454 e. The van der Waals surface area contributed by atoms with E-state index in [2.05, 4.69) is 5.32 Å². The summed E-state index contributed by atoms with van der Waals surface area (Å²) < 4.78 is 31.8. The quantitative estimate of drug-likeness (QED) is 0.946. The maximum absolute atomic E-state index is 13.6. The monoisotopic (exact) mass is 318 g/mol. The van der Waals surface area contributed by atoms with Crippen LogP contribution in [-0.4, -0.2) is 37.0 Å². The third kappa shape index (κ3) is 3.65. The number of piperazine rings is 1. The normalized spacial score (nSPS) is 14.6. The predicted molar refractivity (Wildman–Crippen MR) is 81.6 cm³/mol. The molecule has 1 heterocycles. The van der Waals surface area contributed by atoms with Crippen molar-refractivity contribution in [3.63, 3.8) is 0 Å². The Labute approximate surface area is 132 Å². The van der Waals surface area contributed by atoms with Crippen LogP contribution in [0.2, 0.25) is 0 Å². The lowest BCUT2D eigenvalue weighted by Gasteiger charge is -2.27. The number of hydrogen-bond acceptors (Lipinski definition) is 3. The minimum atomic E-state index is -0.772. The van der Waals surface area contributed by atoms with Crippen LogP contribution in [0.15, 0.2) is 42.5 Å². The first-order valence-corrected chi connectivity index (χ1v) is 7.36. The highest BCUT2D eigenvalue weighted by molar-refractivity contribution is 5.94. The van der Waals surface area contributed by atoms with Crippen LogP contribution >= 0.6 is 0 Å². The van der Waals surface area contributed by atoms with Gasteiger partial charge in [0.1, 0.15) is 11.6 Å². The Hall–Kier alpha value is -2.47. The maximum atomic E-state index is 13.6. The van der Waals surface area contributed by atoms with Crippen molar-refractivity contribution in [1.29, 1.82) is 0 Å². The van der Waals surface area contributed by atoms with Crippen molar-refractivity contribution in [3.8, 4) is 11.5 Å². The summed E-state index contributed by atoms with van der Waals surface area (Å²) in [6, 6.07) is 9.58. The van der Waals surface area contributed by atoms with Crippen molar-refractivity contribution in [3.05, 3.63) is 59.7 Å². The van der Waals surface area contributed by atoms with E-state index in [9.17, 15) is 13.6 Å². The first-order valence-electron chi connectivity index (χ1n) is 7.36. The smallest absolute Gasteiger partial charge is 0.253 e. The zero-order chi connectivity index (χ0) is 16.2. The molecule has 0 aromatic heterocycles. The van der Waals surface area contributed by atoms with Gasteiger partial charge in [-0.05, 0) is 36.4 Å².